The molecule has 0 fully saturated rings. The molecule has 266 valence electrons. The Kier molecular flexibility index (Phi) is 29.4. The summed E-state index contributed by atoms with van der Waals surface area (Å²) in [6, 6.07) is 0.754. The van der Waals surface area contributed by atoms with Crippen LogP contribution in [0.5, 0.6) is 0 Å². The molecule has 3 atom stereocenters. The third-order valence-corrected chi connectivity index (χ3v) is 10.6. The van der Waals surface area contributed by atoms with Crippen LogP contribution in [0, 0.1) is 5.92 Å². The van der Waals surface area contributed by atoms with Gasteiger partial charge in [0.05, 0.1) is 0 Å². The molecule has 4 heteroatoms. The van der Waals surface area contributed by atoms with Crippen molar-refractivity contribution in [2.24, 2.45) is 5.92 Å². The van der Waals surface area contributed by atoms with Gasteiger partial charge in [-0.15, -0.1) is 0 Å². The van der Waals surface area contributed by atoms with Crippen LogP contribution in [0.3, 0.4) is 0 Å². The van der Waals surface area contributed by atoms with E-state index in [1.54, 1.807) is 0 Å². The molecule has 45 heavy (non-hydrogen) atoms. The number of carbonyl (C=O) groups is 1. The standard InChI is InChI=1S/C41H81N3O/c1-5-8-10-12-14-16-18-20-22-24-26-28-30-32-34-41(45)43-38(4)39(7-3)40(44-36-35-42-37-44)33-31-29-27-25-23-21-19-17-15-13-11-9-6-2/h37-40H,5-36H2,1-4H3,(H,43,45)/p+1. The number of hydrogen-bond donors (Lipinski definition) is 2. The maximum absolute atomic E-state index is 12.9. The van der Waals surface area contributed by atoms with Gasteiger partial charge in [-0.1, -0.05) is 181 Å². The van der Waals surface area contributed by atoms with Crippen molar-refractivity contribution in [3.8, 4) is 0 Å². The van der Waals surface area contributed by atoms with E-state index in [1.165, 1.54) is 173 Å². The molecule has 0 saturated carbocycles. The van der Waals surface area contributed by atoms with E-state index in [4.69, 9.17) is 0 Å². The summed E-state index contributed by atoms with van der Waals surface area (Å²) in [6.07, 6.45) is 42.5. The zero-order valence-corrected chi connectivity index (χ0v) is 31.3. The van der Waals surface area contributed by atoms with Gasteiger partial charge >= 0.3 is 0 Å². The molecule has 1 rings (SSSR count). The molecular formula is C41H82N3O+. The first kappa shape index (κ1) is 42.0. The van der Waals surface area contributed by atoms with Gasteiger partial charge in [0, 0.05) is 18.4 Å². The second-order valence-electron chi connectivity index (χ2n) is 14.7. The summed E-state index contributed by atoms with van der Waals surface area (Å²) < 4.78 is 2.55. The number of rotatable bonds is 34. The highest BCUT2D eigenvalue weighted by atomic mass is 16.1. The van der Waals surface area contributed by atoms with E-state index in [0.29, 0.717) is 18.4 Å². The number of unbranched alkanes of at least 4 members (excludes halogenated alkanes) is 25. The molecule has 2 N–H and O–H groups in total. The van der Waals surface area contributed by atoms with Gasteiger partial charge in [0.2, 0.25) is 12.2 Å². The number of nitrogens with one attached hydrogen (secondary N) is 2. The lowest BCUT2D eigenvalue weighted by Gasteiger charge is -2.31. The van der Waals surface area contributed by atoms with Crippen molar-refractivity contribution < 1.29 is 9.37 Å². The normalized spacial score (nSPS) is 15.1. The van der Waals surface area contributed by atoms with Crippen LogP contribution >= 0.6 is 0 Å². The van der Waals surface area contributed by atoms with Crippen molar-refractivity contribution in [3.63, 3.8) is 0 Å². The van der Waals surface area contributed by atoms with Crippen LogP contribution in [-0.4, -0.2) is 42.0 Å². The van der Waals surface area contributed by atoms with Crippen LogP contribution in [0.25, 0.3) is 0 Å². The molecule has 0 spiro atoms. The zero-order chi connectivity index (χ0) is 32.6. The van der Waals surface area contributed by atoms with Crippen LogP contribution in [0.1, 0.15) is 220 Å². The largest absolute Gasteiger partial charge is 0.353 e. The fraction of sp³-hybridized carbons (Fsp3) is 0.951. The first-order valence-electron chi connectivity index (χ1n) is 20.8. The van der Waals surface area contributed by atoms with Crippen LogP contribution in [0.15, 0.2) is 0 Å². The predicted octanol–water partition coefficient (Wildman–Crippen LogP) is 11.9. The zero-order valence-electron chi connectivity index (χ0n) is 31.3. The van der Waals surface area contributed by atoms with E-state index in [-0.39, 0.29) is 11.9 Å². The quantitative estimate of drug-likeness (QED) is 0.0547. The van der Waals surface area contributed by atoms with Gasteiger partial charge in [0.25, 0.3) is 0 Å². The topological polar surface area (TPSA) is 44.1 Å². The molecule has 0 saturated heterocycles. The minimum absolute atomic E-state index is 0.232. The summed E-state index contributed by atoms with van der Waals surface area (Å²) in [7, 11) is 0. The van der Waals surface area contributed by atoms with Crippen molar-refractivity contribution in [3.05, 3.63) is 0 Å². The van der Waals surface area contributed by atoms with E-state index in [1.807, 2.05) is 0 Å². The minimum Gasteiger partial charge on any atom is -0.353 e. The third kappa shape index (κ3) is 23.8. The Balaban J connectivity index is 2.18. The molecule has 1 aliphatic heterocycles. The number of nitrogens with zero attached hydrogens (tertiary/aromatic N) is 1. The van der Waals surface area contributed by atoms with E-state index in [9.17, 15) is 4.79 Å². The Morgan fingerprint density at radius 2 is 1.02 bits per heavy atom. The molecule has 1 aliphatic rings. The third-order valence-electron chi connectivity index (χ3n) is 10.6. The van der Waals surface area contributed by atoms with Crippen molar-refractivity contribution in [1.29, 1.82) is 0 Å². The predicted molar refractivity (Wildman–Crippen MR) is 200 cm³/mol. The molecular weight excluding hydrogens is 550 g/mol. The monoisotopic (exact) mass is 633 g/mol. The first-order valence-corrected chi connectivity index (χ1v) is 20.8. The second kappa shape index (κ2) is 31.5. The number of hydrogen-bond acceptors (Lipinski definition) is 2. The lowest BCUT2D eigenvalue weighted by atomic mass is 9.86. The number of amides is 1. The molecule has 0 aromatic heterocycles. The SMILES string of the molecule is CCCCCCCCCCCCCCCCC(=O)NC(C)C(CC)C(CCCCCCCCCCCCCCC)[N+]1=CNCC1. The fourth-order valence-corrected chi connectivity index (χ4v) is 7.57. The Morgan fingerprint density at radius 3 is 1.40 bits per heavy atom. The second-order valence-corrected chi connectivity index (χ2v) is 14.7. The average molecular weight is 633 g/mol. The van der Waals surface area contributed by atoms with Gasteiger partial charge in [0.15, 0.2) is 0 Å². The van der Waals surface area contributed by atoms with Gasteiger partial charge < -0.3 is 5.32 Å². The molecule has 0 aromatic rings. The van der Waals surface area contributed by atoms with Gasteiger partial charge in [-0.2, -0.15) is 0 Å². The molecule has 0 aliphatic carbocycles. The summed E-state index contributed by atoms with van der Waals surface area (Å²) in [4.78, 5) is 12.9. The smallest absolute Gasteiger partial charge is 0.232 e. The van der Waals surface area contributed by atoms with Gasteiger partial charge in [-0.05, 0) is 32.6 Å². The Labute approximate surface area is 283 Å². The maximum atomic E-state index is 12.9. The number of carbonyl (C=O) groups excluding carboxylic acids is 1. The summed E-state index contributed by atoms with van der Waals surface area (Å²) >= 11 is 0. The highest BCUT2D eigenvalue weighted by Crippen LogP contribution is 2.24. The summed E-state index contributed by atoms with van der Waals surface area (Å²) in [5.74, 6) is 0.766. The van der Waals surface area contributed by atoms with Crippen LogP contribution in [0.4, 0.5) is 0 Å². The molecule has 1 heterocycles. The van der Waals surface area contributed by atoms with Crippen molar-refractivity contribution in [2.45, 2.75) is 232 Å². The summed E-state index contributed by atoms with van der Waals surface area (Å²) in [6.45, 7) is 11.3. The Morgan fingerprint density at radius 1 is 0.622 bits per heavy atom. The van der Waals surface area contributed by atoms with Gasteiger partial charge in [-0.25, -0.2) is 0 Å². The molecule has 0 bridgehead atoms. The lowest BCUT2D eigenvalue weighted by Crippen LogP contribution is -2.46. The van der Waals surface area contributed by atoms with Gasteiger partial charge in [-0.3, -0.25) is 14.7 Å². The molecule has 0 aromatic carbocycles. The van der Waals surface area contributed by atoms with Crippen LogP contribution in [0.2, 0.25) is 0 Å². The van der Waals surface area contributed by atoms with E-state index in [0.717, 1.165) is 25.9 Å². The van der Waals surface area contributed by atoms with E-state index >= 15 is 0 Å². The van der Waals surface area contributed by atoms with Crippen LogP contribution < -0.4 is 10.6 Å². The van der Waals surface area contributed by atoms with E-state index < -0.39 is 0 Å². The average Bonchev–Trinajstić information content (AvgIpc) is 3.58. The first-order chi connectivity index (χ1) is 22.1. The highest BCUT2D eigenvalue weighted by Gasteiger charge is 2.32. The molecule has 0 radical (unpaired) electrons. The molecule has 4 nitrogen and oxygen atoms in total. The Hall–Kier alpha value is -1.06. The van der Waals surface area contributed by atoms with Crippen molar-refractivity contribution >= 4 is 12.2 Å². The van der Waals surface area contributed by atoms with Crippen molar-refractivity contribution in [1.82, 2.24) is 10.6 Å². The summed E-state index contributed by atoms with van der Waals surface area (Å²) in [5.41, 5.74) is 0. The summed E-state index contributed by atoms with van der Waals surface area (Å²) in [5, 5.41) is 6.87. The Bertz CT molecular complexity index is 678. The minimum atomic E-state index is 0.232. The highest BCUT2D eigenvalue weighted by molar-refractivity contribution is 5.76. The lowest BCUT2D eigenvalue weighted by molar-refractivity contribution is -0.564. The van der Waals surface area contributed by atoms with Gasteiger partial charge in [0.1, 0.15) is 19.1 Å². The fourth-order valence-electron chi connectivity index (χ4n) is 7.57. The molecule has 3 unspecified atom stereocenters. The van der Waals surface area contributed by atoms with Crippen molar-refractivity contribution in [2.75, 3.05) is 13.1 Å². The maximum Gasteiger partial charge on any atom is 0.232 e. The molecule has 1 amide bonds. The van der Waals surface area contributed by atoms with Crippen LogP contribution in [-0.2, 0) is 4.79 Å². The van der Waals surface area contributed by atoms with E-state index in [2.05, 4.69) is 49.2 Å².